The van der Waals surface area contributed by atoms with Gasteiger partial charge in [0.15, 0.2) is 0 Å². The molecule has 0 bridgehead atoms. The van der Waals surface area contributed by atoms with Crippen LogP contribution in [0.4, 0.5) is 14.5 Å². The first-order chi connectivity index (χ1) is 6.99. The number of hydrogen-bond donors (Lipinski definition) is 0. The summed E-state index contributed by atoms with van der Waals surface area (Å²) in [5, 5.41) is 10.7. The minimum Gasteiger partial charge on any atom is -0.258 e. The van der Waals surface area contributed by atoms with Crippen LogP contribution in [0.5, 0.6) is 0 Å². The van der Waals surface area contributed by atoms with E-state index in [0.717, 1.165) is 0 Å². The molecule has 0 amide bonds. The van der Waals surface area contributed by atoms with Crippen LogP contribution < -0.4 is 0 Å². The molecule has 8 heteroatoms. The van der Waals surface area contributed by atoms with Gasteiger partial charge in [0.2, 0.25) is 0 Å². The number of rotatable bonds is 3. The largest absolute Gasteiger partial charge is 0.294 e. The molecule has 1 rings (SSSR count). The predicted molar refractivity (Wildman–Crippen MR) is 61.2 cm³/mol. The van der Waals surface area contributed by atoms with E-state index in [-0.39, 0.29) is 14.6 Å². The van der Waals surface area contributed by atoms with Crippen molar-refractivity contribution in [2.45, 2.75) is 11.8 Å². The first-order valence-electron chi connectivity index (χ1n) is 3.64. The van der Waals surface area contributed by atoms with Crippen LogP contribution in [0.2, 0.25) is 0 Å². The lowest BCUT2D eigenvalue weighted by molar-refractivity contribution is -0.387. The SMILES string of the molecule is O=[N+]([O-])c1c(I)cnc(CBr)c1C(F)F. The van der Waals surface area contributed by atoms with E-state index in [0.29, 0.717) is 0 Å². The molecule has 0 saturated heterocycles. The van der Waals surface area contributed by atoms with E-state index in [1.165, 1.54) is 6.20 Å². The molecule has 0 N–H and O–H groups in total. The summed E-state index contributed by atoms with van der Waals surface area (Å²) in [7, 11) is 0. The fourth-order valence-electron chi connectivity index (χ4n) is 1.05. The second-order valence-corrected chi connectivity index (χ2v) is 4.23. The van der Waals surface area contributed by atoms with E-state index in [9.17, 15) is 18.9 Å². The summed E-state index contributed by atoms with van der Waals surface area (Å²) >= 11 is 4.58. The first kappa shape index (κ1) is 12.7. The van der Waals surface area contributed by atoms with Gasteiger partial charge in [-0.3, -0.25) is 15.1 Å². The summed E-state index contributed by atoms with van der Waals surface area (Å²) in [4.78, 5) is 13.6. The smallest absolute Gasteiger partial charge is 0.258 e. The molecule has 82 valence electrons. The van der Waals surface area contributed by atoms with Gasteiger partial charge in [-0.15, -0.1) is 0 Å². The lowest BCUT2D eigenvalue weighted by atomic mass is 10.2. The normalized spacial score (nSPS) is 10.7. The fraction of sp³-hybridized carbons (Fsp3) is 0.286. The van der Waals surface area contributed by atoms with Crippen LogP contribution in [-0.4, -0.2) is 9.91 Å². The molecule has 0 aromatic carbocycles. The van der Waals surface area contributed by atoms with Gasteiger partial charge in [-0.2, -0.15) is 0 Å². The summed E-state index contributed by atoms with van der Waals surface area (Å²) in [6.07, 6.45) is -1.69. The molecule has 1 aromatic rings. The molecule has 0 unspecified atom stereocenters. The highest BCUT2D eigenvalue weighted by molar-refractivity contribution is 14.1. The highest BCUT2D eigenvalue weighted by atomic mass is 127. The maximum atomic E-state index is 12.6. The quantitative estimate of drug-likeness (QED) is 0.343. The number of halogens is 4. The molecular weight excluding hydrogens is 389 g/mol. The Bertz CT molecular complexity index is 403. The minimum atomic E-state index is -2.90. The van der Waals surface area contributed by atoms with E-state index in [1.807, 2.05) is 0 Å². The summed E-state index contributed by atoms with van der Waals surface area (Å²) in [6.45, 7) is 0. The van der Waals surface area contributed by atoms with Gasteiger partial charge < -0.3 is 0 Å². The molecule has 0 aliphatic carbocycles. The third-order valence-electron chi connectivity index (χ3n) is 1.65. The van der Waals surface area contributed by atoms with Crippen LogP contribution in [0.3, 0.4) is 0 Å². The average Bonchev–Trinajstić information content (AvgIpc) is 2.16. The Balaban J connectivity index is 3.51. The lowest BCUT2D eigenvalue weighted by Gasteiger charge is -2.07. The molecule has 0 saturated carbocycles. The van der Waals surface area contributed by atoms with Crippen molar-refractivity contribution in [2.24, 2.45) is 0 Å². The van der Waals surface area contributed by atoms with Crippen molar-refractivity contribution in [3.8, 4) is 0 Å². The summed E-state index contributed by atoms with van der Waals surface area (Å²) in [6, 6.07) is 0. The van der Waals surface area contributed by atoms with Crippen molar-refractivity contribution >= 4 is 44.2 Å². The van der Waals surface area contributed by atoms with Gasteiger partial charge in [0.1, 0.15) is 9.13 Å². The highest BCUT2D eigenvalue weighted by Gasteiger charge is 2.28. The van der Waals surface area contributed by atoms with Crippen LogP contribution >= 0.6 is 38.5 Å². The van der Waals surface area contributed by atoms with Crippen LogP contribution in [0.1, 0.15) is 17.7 Å². The number of pyridine rings is 1. The van der Waals surface area contributed by atoms with Crippen molar-refractivity contribution in [3.05, 3.63) is 31.1 Å². The van der Waals surface area contributed by atoms with Crippen LogP contribution in [0.15, 0.2) is 6.20 Å². The summed E-state index contributed by atoms with van der Waals surface area (Å²) in [5.41, 5.74) is -1.17. The Morgan fingerprint density at radius 2 is 2.27 bits per heavy atom. The van der Waals surface area contributed by atoms with Gasteiger partial charge in [0.05, 0.1) is 10.6 Å². The number of nitro groups is 1. The Morgan fingerprint density at radius 3 is 2.67 bits per heavy atom. The standard InChI is InChI=1S/C7H4BrF2IN2O2/c8-1-4-5(7(9)10)6(13(14)15)3(11)2-12-4/h2,7H,1H2. The topological polar surface area (TPSA) is 56.0 Å². The maximum absolute atomic E-state index is 12.6. The van der Waals surface area contributed by atoms with E-state index >= 15 is 0 Å². The van der Waals surface area contributed by atoms with Gasteiger partial charge in [0.25, 0.3) is 12.1 Å². The molecule has 0 aliphatic heterocycles. The van der Waals surface area contributed by atoms with Crippen molar-refractivity contribution in [1.29, 1.82) is 0 Å². The second kappa shape index (κ2) is 5.10. The highest BCUT2D eigenvalue weighted by Crippen LogP contribution is 2.35. The molecule has 4 nitrogen and oxygen atoms in total. The van der Waals surface area contributed by atoms with Crippen molar-refractivity contribution < 1.29 is 13.7 Å². The Morgan fingerprint density at radius 1 is 1.67 bits per heavy atom. The first-order valence-corrected chi connectivity index (χ1v) is 5.84. The fourth-order valence-corrected chi connectivity index (χ4v) is 2.13. The second-order valence-electron chi connectivity index (χ2n) is 2.51. The maximum Gasteiger partial charge on any atom is 0.294 e. The van der Waals surface area contributed by atoms with E-state index in [4.69, 9.17) is 0 Å². The minimum absolute atomic E-state index is 0.00267. The van der Waals surface area contributed by atoms with E-state index < -0.39 is 22.6 Å². The number of aromatic nitrogens is 1. The molecule has 0 fully saturated rings. The van der Waals surface area contributed by atoms with Crippen LogP contribution in [0, 0.1) is 13.7 Å². The van der Waals surface area contributed by atoms with Crippen molar-refractivity contribution in [1.82, 2.24) is 4.98 Å². The summed E-state index contributed by atoms with van der Waals surface area (Å²) < 4.78 is 25.4. The molecule has 0 aliphatic rings. The molecule has 15 heavy (non-hydrogen) atoms. The molecule has 0 atom stereocenters. The monoisotopic (exact) mass is 392 g/mol. The summed E-state index contributed by atoms with van der Waals surface area (Å²) in [5.74, 6) is 0. The van der Waals surface area contributed by atoms with E-state index in [1.54, 1.807) is 22.6 Å². The number of nitrogens with zero attached hydrogens (tertiary/aromatic N) is 2. The zero-order valence-electron chi connectivity index (χ0n) is 7.08. The number of alkyl halides is 3. The zero-order chi connectivity index (χ0) is 11.6. The Hall–Kier alpha value is -0.380. The van der Waals surface area contributed by atoms with Gasteiger partial charge in [-0.25, -0.2) is 8.78 Å². The van der Waals surface area contributed by atoms with Gasteiger partial charge in [-0.1, -0.05) is 15.9 Å². The molecular formula is C7H4BrF2IN2O2. The van der Waals surface area contributed by atoms with Crippen molar-refractivity contribution in [2.75, 3.05) is 0 Å². The van der Waals surface area contributed by atoms with Gasteiger partial charge in [-0.05, 0) is 22.6 Å². The molecule has 0 spiro atoms. The molecule has 1 aromatic heterocycles. The third kappa shape index (κ3) is 2.60. The van der Waals surface area contributed by atoms with Crippen LogP contribution in [-0.2, 0) is 5.33 Å². The van der Waals surface area contributed by atoms with Crippen molar-refractivity contribution in [3.63, 3.8) is 0 Å². The Kier molecular flexibility index (Phi) is 4.32. The predicted octanol–water partition coefficient (Wildman–Crippen LogP) is 3.43. The third-order valence-corrected chi connectivity index (χ3v) is 2.97. The number of hydrogen-bond acceptors (Lipinski definition) is 3. The zero-order valence-corrected chi connectivity index (χ0v) is 10.8. The van der Waals surface area contributed by atoms with E-state index in [2.05, 4.69) is 20.9 Å². The van der Waals surface area contributed by atoms with Gasteiger partial charge in [0, 0.05) is 11.5 Å². The molecule has 1 heterocycles. The van der Waals surface area contributed by atoms with Gasteiger partial charge >= 0.3 is 0 Å². The van der Waals surface area contributed by atoms with Crippen LogP contribution in [0.25, 0.3) is 0 Å². The average molecular weight is 393 g/mol. The Labute approximate surface area is 105 Å². The lowest BCUT2D eigenvalue weighted by Crippen LogP contribution is -2.04. The molecule has 0 radical (unpaired) electrons.